The molecule has 3 rings (SSSR count). The summed E-state index contributed by atoms with van der Waals surface area (Å²) in [6.45, 7) is 6.53. The quantitative estimate of drug-likeness (QED) is 0.568. The van der Waals surface area contributed by atoms with Gasteiger partial charge in [-0.2, -0.15) is 4.31 Å². The number of amides is 1. The summed E-state index contributed by atoms with van der Waals surface area (Å²) in [4.78, 5) is 12.5. The molecule has 0 aliphatic rings. The lowest BCUT2D eigenvalue weighted by atomic mass is 10.2. The van der Waals surface area contributed by atoms with E-state index in [1.165, 1.54) is 10.4 Å². The van der Waals surface area contributed by atoms with Crippen LogP contribution in [0, 0.1) is 6.92 Å². The summed E-state index contributed by atoms with van der Waals surface area (Å²) in [6.07, 6.45) is 0.184. The van der Waals surface area contributed by atoms with E-state index in [1.807, 2.05) is 6.92 Å². The maximum atomic E-state index is 12.7. The highest BCUT2D eigenvalue weighted by molar-refractivity contribution is 7.89. The predicted molar refractivity (Wildman–Crippen MR) is 117 cm³/mol. The number of anilines is 1. The lowest BCUT2D eigenvalue weighted by Crippen LogP contribution is -2.30. The first-order valence-electron chi connectivity index (χ1n) is 9.66. The molecule has 0 aliphatic carbocycles. The van der Waals surface area contributed by atoms with E-state index in [-0.39, 0.29) is 17.2 Å². The van der Waals surface area contributed by atoms with Crippen molar-refractivity contribution >= 4 is 44.3 Å². The topological polar surface area (TPSA) is 97.2 Å². The monoisotopic (exact) mass is 449 g/mol. The lowest BCUT2D eigenvalue weighted by molar-refractivity contribution is -0.116. The molecule has 0 saturated heterocycles. The summed E-state index contributed by atoms with van der Waals surface area (Å²) in [5.41, 5.74) is 2.61. The van der Waals surface area contributed by atoms with Crippen LogP contribution in [-0.4, -0.2) is 46.7 Å². The highest BCUT2D eigenvalue weighted by atomic mass is 35.5. The fourth-order valence-electron chi connectivity index (χ4n) is 3.15. The molecule has 0 bridgehead atoms. The number of fused-ring (bicyclic) bond motifs is 1. The Bertz CT molecular complexity index is 1170. The molecule has 0 radical (unpaired) electrons. The molecule has 0 fully saturated rings. The van der Waals surface area contributed by atoms with Gasteiger partial charge in [0.05, 0.1) is 17.0 Å². The molecule has 30 heavy (non-hydrogen) atoms. The number of hydrogen-bond donors (Lipinski definition) is 1. The van der Waals surface area contributed by atoms with E-state index in [4.69, 9.17) is 11.6 Å². The van der Waals surface area contributed by atoms with Gasteiger partial charge in [0.25, 0.3) is 0 Å². The van der Waals surface area contributed by atoms with E-state index >= 15 is 0 Å². The molecule has 8 nitrogen and oxygen atoms in total. The molecule has 1 heterocycles. The Kier molecular flexibility index (Phi) is 6.74. The van der Waals surface area contributed by atoms with Crippen LogP contribution in [0.4, 0.5) is 5.69 Å². The van der Waals surface area contributed by atoms with Gasteiger partial charge in [-0.3, -0.25) is 4.79 Å². The standard InChI is InChI=1S/C20H24ClN5O3S/c1-4-25(5-2)30(28,29)15-9-10-19-18(13-15)23-24-26(19)12-11-20(27)22-17-8-6-7-16(21)14(17)3/h6-10,13H,4-5,11-12H2,1-3H3,(H,22,27). The molecule has 2 aromatic carbocycles. The molecule has 1 amide bonds. The van der Waals surface area contributed by atoms with Gasteiger partial charge in [0.15, 0.2) is 0 Å². The zero-order chi connectivity index (χ0) is 21.9. The molecule has 3 aromatic rings. The minimum Gasteiger partial charge on any atom is -0.326 e. The van der Waals surface area contributed by atoms with Gasteiger partial charge in [-0.05, 0) is 42.8 Å². The third-order valence-electron chi connectivity index (χ3n) is 4.92. The first-order chi connectivity index (χ1) is 14.3. The second-order valence-corrected chi connectivity index (χ2v) is 9.11. The fraction of sp³-hybridized carbons (Fsp3) is 0.350. The average molecular weight is 450 g/mol. The Morgan fingerprint density at radius 2 is 1.93 bits per heavy atom. The van der Waals surface area contributed by atoms with E-state index in [0.717, 1.165) is 5.56 Å². The van der Waals surface area contributed by atoms with Gasteiger partial charge in [-0.15, -0.1) is 5.10 Å². The Hall–Kier alpha value is -2.49. The Morgan fingerprint density at radius 1 is 1.20 bits per heavy atom. The zero-order valence-electron chi connectivity index (χ0n) is 17.1. The summed E-state index contributed by atoms with van der Waals surface area (Å²) in [5, 5.41) is 11.6. The van der Waals surface area contributed by atoms with Crippen LogP contribution < -0.4 is 5.32 Å². The van der Waals surface area contributed by atoms with Crippen LogP contribution in [0.5, 0.6) is 0 Å². The maximum absolute atomic E-state index is 12.7. The van der Waals surface area contributed by atoms with Crippen molar-refractivity contribution in [1.82, 2.24) is 19.3 Å². The minimum atomic E-state index is -3.57. The molecule has 0 aliphatic heterocycles. The molecule has 0 spiro atoms. The van der Waals surface area contributed by atoms with Crippen molar-refractivity contribution in [2.24, 2.45) is 0 Å². The van der Waals surface area contributed by atoms with Crippen molar-refractivity contribution in [3.63, 3.8) is 0 Å². The number of carbonyl (C=O) groups excluding carboxylic acids is 1. The molecular formula is C20H24ClN5O3S. The SMILES string of the molecule is CCN(CC)S(=O)(=O)c1ccc2c(c1)nnn2CCC(=O)Nc1cccc(Cl)c1C. The molecule has 0 atom stereocenters. The van der Waals surface area contributed by atoms with E-state index in [1.54, 1.807) is 48.9 Å². The number of halogens is 1. The van der Waals surface area contributed by atoms with Crippen molar-refractivity contribution in [2.45, 2.75) is 38.6 Å². The number of rotatable bonds is 8. The highest BCUT2D eigenvalue weighted by Crippen LogP contribution is 2.23. The Labute approximate surface area is 180 Å². The van der Waals surface area contributed by atoms with Gasteiger partial charge in [-0.25, -0.2) is 13.1 Å². The first kappa shape index (κ1) is 22.2. The summed E-state index contributed by atoms with van der Waals surface area (Å²) >= 11 is 6.08. The molecule has 10 heteroatoms. The third kappa shape index (κ3) is 4.48. The molecule has 0 saturated carbocycles. The number of sulfonamides is 1. The van der Waals surface area contributed by atoms with Crippen molar-refractivity contribution in [1.29, 1.82) is 0 Å². The first-order valence-corrected chi connectivity index (χ1v) is 11.5. The predicted octanol–water partition coefficient (Wildman–Crippen LogP) is 3.45. The second-order valence-electron chi connectivity index (χ2n) is 6.76. The zero-order valence-corrected chi connectivity index (χ0v) is 18.7. The van der Waals surface area contributed by atoms with Crippen molar-refractivity contribution in [3.8, 4) is 0 Å². The van der Waals surface area contributed by atoms with Gasteiger partial charge in [0.1, 0.15) is 5.52 Å². The summed E-state index contributed by atoms with van der Waals surface area (Å²) in [6, 6.07) is 10.1. The van der Waals surface area contributed by atoms with Crippen LogP contribution in [0.1, 0.15) is 25.8 Å². The van der Waals surface area contributed by atoms with Crippen LogP contribution in [0.25, 0.3) is 11.0 Å². The van der Waals surface area contributed by atoms with Crippen LogP contribution in [0.15, 0.2) is 41.3 Å². The Balaban J connectivity index is 1.73. The number of nitrogens with one attached hydrogen (secondary N) is 1. The summed E-state index contributed by atoms with van der Waals surface area (Å²) < 4.78 is 28.4. The average Bonchev–Trinajstić information content (AvgIpc) is 3.13. The molecular weight excluding hydrogens is 426 g/mol. The molecule has 1 N–H and O–H groups in total. The Morgan fingerprint density at radius 3 is 2.63 bits per heavy atom. The number of carbonyl (C=O) groups is 1. The van der Waals surface area contributed by atoms with E-state index < -0.39 is 10.0 Å². The van der Waals surface area contributed by atoms with Crippen molar-refractivity contribution < 1.29 is 13.2 Å². The highest BCUT2D eigenvalue weighted by Gasteiger charge is 2.22. The van der Waals surface area contributed by atoms with Gasteiger partial charge < -0.3 is 5.32 Å². The number of hydrogen-bond acceptors (Lipinski definition) is 5. The molecule has 1 aromatic heterocycles. The van der Waals surface area contributed by atoms with Gasteiger partial charge >= 0.3 is 0 Å². The van der Waals surface area contributed by atoms with E-state index in [0.29, 0.717) is 41.4 Å². The maximum Gasteiger partial charge on any atom is 0.243 e. The van der Waals surface area contributed by atoms with Gasteiger partial charge in [0, 0.05) is 30.2 Å². The molecule has 0 unspecified atom stereocenters. The van der Waals surface area contributed by atoms with Gasteiger partial charge in [0.2, 0.25) is 15.9 Å². The number of aryl methyl sites for hydroxylation is 1. The third-order valence-corrected chi connectivity index (χ3v) is 7.38. The number of aromatic nitrogens is 3. The summed E-state index contributed by atoms with van der Waals surface area (Å²) in [5.74, 6) is -0.176. The number of benzene rings is 2. The van der Waals surface area contributed by atoms with Crippen LogP contribution in [0.3, 0.4) is 0 Å². The van der Waals surface area contributed by atoms with E-state index in [9.17, 15) is 13.2 Å². The van der Waals surface area contributed by atoms with Crippen molar-refractivity contribution in [3.05, 3.63) is 47.0 Å². The van der Waals surface area contributed by atoms with E-state index in [2.05, 4.69) is 15.6 Å². The fourth-order valence-corrected chi connectivity index (χ4v) is 4.81. The summed E-state index contributed by atoms with van der Waals surface area (Å²) in [7, 11) is -3.57. The second kappa shape index (κ2) is 9.11. The lowest BCUT2D eigenvalue weighted by Gasteiger charge is -2.18. The van der Waals surface area contributed by atoms with Crippen LogP contribution >= 0.6 is 11.6 Å². The smallest absolute Gasteiger partial charge is 0.243 e. The van der Waals surface area contributed by atoms with Crippen LogP contribution in [0.2, 0.25) is 5.02 Å². The largest absolute Gasteiger partial charge is 0.326 e. The normalized spacial score (nSPS) is 11.9. The number of nitrogens with zero attached hydrogens (tertiary/aromatic N) is 4. The molecule has 160 valence electrons. The minimum absolute atomic E-state index is 0.176. The van der Waals surface area contributed by atoms with Crippen molar-refractivity contribution in [2.75, 3.05) is 18.4 Å². The van der Waals surface area contributed by atoms with Gasteiger partial charge in [-0.1, -0.05) is 36.7 Å². The van der Waals surface area contributed by atoms with Crippen LogP contribution in [-0.2, 0) is 21.4 Å².